The van der Waals surface area contributed by atoms with Crippen LogP contribution in [0.15, 0.2) is 23.8 Å². The minimum absolute atomic E-state index is 0.201. The van der Waals surface area contributed by atoms with Gasteiger partial charge in [-0.1, -0.05) is 31.6 Å². The van der Waals surface area contributed by atoms with E-state index in [-0.39, 0.29) is 5.92 Å². The summed E-state index contributed by atoms with van der Waals surface area (Å²) in [6.07, 6.45) is -3.01. The van der Waals surface area contributed by atoms with Crippen LogP contribution in [0.3, 0.4) is 0 Å². The average Bonchev–Trinajstić information content (AvgIpc) is 2.29. The predicted octanol–water partition coefficient (Wildman–Crippen LogP) is 4.10. The van der Waals surface area contributed by atoms with E-state index in [4.69, 9.17) is 0 Å². The van der Waals surface area contributed by atoms with E-state index in [2.05, 4.69) is 5.32 Å². The second-order valence-corrected chi connectivity index (χ2v) is 4.64. The smallest absolute Gasteiger partial charge is 0.316 e. The molecular formula is C14H17F4N. The van der Waals surface area contributed by atoms with Gasteiger partial charge in [-0.05, 0) is 30.7 Å². The van der Waals surface area contributed by atoms with Crippen LogP contribution >= 0.6 is 0 Å². The largest absolute Gasteiger partial charge is 0.419 e. The molecule has 0 fully saturated rings. The fourth-order valence-corrected chi connectivity index (χ4v) is 1.69. The minimum atomic E-state index is -4.67. The van der Waals surface area contributed by atoms with Crippen LogP contribution < -0.4 is 5.32 Å². The summed E-state index contributed by atoms with van der Waals surface area (Å²) >= 11 is 0. The summed E-state index contributed by atoms with van der Waals surface area (Å²) in [5.41, 5.74) is 0.0868. The number of hydrogen-bond donors (Lipinski definition) is 1. The van der Waals surface area contributed by atoms with E-state index in [1.165, 1.54) is 6.07 Å². The first-order chi connectivity index (χ1) is 8.75. The van der Waals surface area contributed by atoms with Crippen LogP contribution in [0.1, 0.15) is 25.0 Å². The van der Waals surface area contributed by atoms with Crippen molar-refractivity contribution in [3.05, 3.63) is 40.7 Å². The normalized spacial score (nSPS) is 13.2. The lowest BCUT2D eigenvalue weighted by atomic mass is 9.99. The van der Waals surface area contributed by atoms with Crippen LogP contribution in [-0.4, -0.2) is 13.6 Å². The van der Waals surface area contributed by atoms with Crippen molar-refractivity contribution in [1.29, 1.82) is 0 Å². The fourth-order valence-electron chi connectivity index (χ4n) is 1.69. The number of hydrogen-bond acceptors (Lipinski definition) is 1. The Hall–Kier alpha value is -1.36. The van der Waals surface area contributed by atoms with Crippen LogP contribution in [-0.2, 0) is 6.18 Å². The molecule has 1 rings (SSSR count). The summed E-state index contributed by atoms with van der Waals surface area (Å²) in [4.78, 5) is 0. The molecule has 19 heavy (non-hydrogen) atoms. The van der Waals surface area contributed by atoms with Crippen molar-refractivity contribution in [3.63, 3.8) is 0 Å². The van der Waals surface area contributed by atoms with Gasteiger partial charge in [-0.25, -0.2) is 4.39 Å². The Morgan fingerprint density at radius 2 is 1.95 bits per heavy atom. The summed E-state index contributed by atoms with van der Waals surface area (Å²) in [7, 11) is 1.77. The molecule has 0 bridgehead atoms. The van der Waals surface area contributed by atoms with E-state index in [9.17, 15) is 17.6 Å². The van der Waals surface area contributed by atoms with E-state index < -0.39 is 17.6 Å². The molecule has 0 aliphatic rings. The molecule has 1 N–H and O–H groups in total. The van der Waals surface area contributed by atoms with E-state index in [1.54, 1.807) is 13.1 Å². The number of benzene rings is 1. The lowest BCUT2D eigenvalue weighted by Gasteiger charge is -2.12. The van der Waals surface area contributed by atoms with Crippen molar-refractivity contribution in [2.75, 3.05) is 13.6 Å². The molecule has 0 heterocycles. The van der Waals surface area contributed by atoms with E-state index >= 15 is 0 Å². The molecule has 1 aromatic rings. The van der Waals surface area contributed by atoms with Crippen molar-refractivity contribution in [2.24, 2.45) is 5.92 Å². The lowest BCUT2D eigenvalue weighted by Crippen LogP contribution is -2.14. The molecule has 0 amide bonds. The maximum absolute atomic E-state index is 13.2. The van der Waals surface area contributed by atoms with Gasteiger partial charge in [0.1, 0.15) is 5.82 Å². The van der Waals surface area contributed by atoms with Crippen molar-refractivity contribution in [1.82, 2.24) is 5.32 Å². The minimum Gasteiger partial charge on any atom is -0.316 e. The Morgan fingerprint density at radius 1 is 1.32 bits per heavy atom. The lowest BCUT2D eigenvalue weighted by molar-refractivity contribution is -0.140. The Bertz CT molecular complexity index is 461. The molecule has 0 radical (unpaired) electrons. The van der Waals surface area contributed by atoms with Crippen LogP contribution in [0.25, 0.3) is 6.08 Å². The van der Waals surface area contributed by atoms with Crippen molar-refractivity contribution < 1.29 is 17.6 Å². The first-order valence-corrected chi connectivity index (χ1v) is 5.97. The fraction of sp³-hybridized carbons (Fsp3) is 0.429. The van der Waals surface area contributed by atoms with Crippen LogP contribution in [0.4, 0.5) is 17.6 Å². The first-order valence-electron chi connectivity index (χ1n) is 5.97. The van der Waals surface area contributed by atoms with Crippen LogP contribution in [0, 0.1) is 11.7 Å². The summed E-state index contributed by atoms with van der Waals surface area (Å²) in [5, 5.41) is 2.96. The number of halogens is 4. The van der Waals surface area contributed by atoms with Crippen molar-refractivity contribution in [2.45, 2.75) is 20.0 Å². The Labute approximate surface area is 110 Å². The number of likely N-dealkylation sites (N-methyl/N-ethyl adjacent to an activating group) is 1. The zero-order chi connectivity index (χ0) is 14.6. The highest BCUT2D eigenvalue weighted by Crippen LogP contribution is 2.32. The highest BCUT2D eigenvalue weighted by atomic mass is 19.4. The maximum atomic E-state index is 13.2. The summed E-state index contributed by atoms with van der Waals surface area (Å²) in [5.74, 6) is -1.05. The van der Waals surface area contributed by atoms with Gasteiger partial charge in [-0.3, -0.25) is 0 Å². The molecule has 5 heteroatoms. The van der Waals surface area contributed by atoms with Crippen molar-refractivity contribution >= 4 is 6.08 Å². The molecule has 1 aromatic carbocycles. The van der Waals surface area contributed by atoms with Gasteiger partial charge in [0.05, 0.1) is 5.56 Å². The highest BCUT2D eigenvalue weighted by molar-refractivity contribution is 5.55. The van der Waals surface area contributed by atoms with Gasteiger partial charge < -0.3 is 5.32 Å². The molecule has 0 aromatic heterocycles. The van der Waals surface area contributed by atoms with Gasteiger partial charge >= 0.3 is 6.18 Å². The molecule has 106 valence electrons. The van der Waals surface area contributed by atoms with E-state index in [0.29, 0.717) is 12.1 Å². The quantitative estimate of drug-likeness (QED) is 0.816. The summed E-state index contributed by atoms with van der Waals surface area (Å²) < 4.78 is 51.0. The Morgan fingerprint density at radius 3 is 2.42 bits per heavy atom. The molecule has 0 aliphatic heterocycles. The third kappa shape index (κ3) is 4.35. The Kier molecular flexibility index (Phi) is 5.11. The summed E-state index contributed by atoms with van der Waals surface area (Å²) in [6.45, 7) is 4.49. The van der Waals surface area contributed by atoms with Crippen molar-refractivity contribution in [3.8, 4) is 0 Å². The van der Waals surface area contributed by atoms with Gasteiger partial charge in [-0.2, -0.15) is 13.2 Å². The molecule has 0 saturated carbocycles. The zero-order valence-corrected chi connectivity index (χ0v) is 11.1. The van der Waals surface area contributed by atoms with Crippen LogP contribution in [0.2, 0.25) is 0 Å². The molecule has 0 aliphatic carbocycles. The SMILES string of the molecule is CNC/C(=C/c1ccc(F)c(C(F)(F)F)c1)C(C)C. The highest BCUT2D eigenvalue weighted by Gasteiger charge is 2.34. The van der Waals surface area contributed by atoms with Gasteiger partial charge in [0, 0.05) is 6.54 Å². The van der Waals surface area contributed by atoms with Gasteiger partial charge in [0.25, 0.3) is 0 Å². The molecule has 0 spiro atoms. The molecule has 1 nitrogen and oxygen atoms in total. The van der Waals surface area contributed by atoms with Crippen LogP contribution in [0.5, 0.6) is 0 Å². The molecule has 0 saturated heterocycles. The molecular weight excluding hydrogens is 258 g/mol. The third-order valence-electron chi connectivity index (χ3n) is 2.77. The van der Waals surface area contributed by atoms with Gasteiger partial charge in [0.15, 0.2) is 0 Å². The topological polar surface area (TPSA) is 12.0 Å². The van der Waals surface area contributed by atoms with Gasteiger partial charge in [0.2, 0.25) is 0 Å². The number of rotatable bonds is 4. The second-order valence-electron chi connectivity index (χ2n) is 4.64. The zero-order valence-electron chi connectivity index (χ0n) is 11.1. The molecule has 0 unspecified atom stereocenters. The maximum Gasteiger partial charge on any atom is 0.419 e. The second kappa shape index (κ2) is 6.19. The number of alkyl halides is 3. The predicted molar refractivity (Wildman–Crippen MR) is 68.1 cm³/mol. The van der Waals surface area contributed by atoms with E-state index in [0.717, 1.165) is 17.7 Å². The number of nitrogens with one attached hydrogen (secondary N) is 1. The third-order valence-corrected chi connectivity index (χ3v) is 2.77. The standard InChI is InChI=1S/C14H17F4N/c1-9(2)11(8-19-3)6-10-4-5-13(15)12(7-10)14(16,17)18/h4-7,9,19H,8H2,1-3H3/b11-6-. The Balaban J connectivity index is 3.18. The van der Waals surface area contributed by atoms with Gasteiger partial charge in [-0.15, -0.1) is 0 Å². The van der Waals surface area contributed by atoms with E-state index in [1.807, 2.05) is 13.8 Å². The monoisotopic (exact) mass is 275 g/mol. The first kappa shape index (κ1) is 15.7. The average molecular weight is 275 g/mol. The summed E-state index contributed by atoms with van der Waals surface area (Å²) in [6, 6.07) is 3.04. The molecule has 0 atom stereocenters.